The second kappa shape index (κ2) is 6.45. The molecular weight excluding hydrogens is 326 g/mol. The summed E-state index contributed by atoms with van der Waals surface area (Å²) < 4.78 is 5.81. The van der Waals surface area contributed by atoms with Crippen LogP contribution in [-0.2, 0) is 9.53 Å². The minimum atomic E-state index is -0.394. The Hall–Kier alpha value is -2.88. The van der Waals surface area contributed by atoms with E-state index in [0.29, 0.717) is 6.42 Å². The Morgan fingerprint density at radius 1 is 0.885 bits per heavy atom. The first-order valence-corrected chi connectivity index (χ1v) is 8.87. The van der Waals surface area contributed by atoms with Crippen LogP contribution in [0.2, 0.25) is 0 Å². The van der Waals surface area contributed by atoms with Crippen LogP contribution >= 0.6 is 0 Å². The van der Waals surface area contributed by atoms with Crippen molar-refractivity contribution in [2.24, 2.45) is 0 Å². The van der Waals surface area contributed by atoms with Crippen molar-refractivity contribution >= 4 is 11.9 Å². The molecule has 1 amide bonds. The van der Waals surface area contributed by atoms with Gasteiger partial charge in [0.05, 0.1) is 6.04 Å². The molecule has 0 unspecified atom stereocenters. The number of cyclic esters (lactones) is 1. The number of amides is 1. The zero-order chi connectivity index (χ0) is 18.3. The van der Waals surface area contributed by atoms with E-state index < -0.39 is 6.10 Å². The van der Waals surface area contributed by atoms with Crippen LogP contribution < -0.4 is 0 Å². The molecule has 2 aromatic rings. The van der Waals surface area contributed by atoms with E-state index in [1.54, 1.807) is 4.90 Å². The third-order valence-corrected chi connectivity index (χ3v) is 5.52. The van der Waals surface area contributed by atoms with Crippen molar-refractivity contribution < 1.29 is 14.3 Å². The summed E-state index contributed by atoms with van der Waals surface area (Å²) in [6.07, 6.45) is -0.424. The molecule has 4 nitrogen and oxygen atoms in total. The summed E-state index contributed by atoms with van der Waals surface area (Å²) in [5, 5.41) is 0. The van der Waals surface area contributed by atoms with Gasteiger partial charge < -0.3 is 4.74 Å². The van der Waals surface area contributed by atoms with Gasteiger partial charge in [-0.15, -0.1) is 0 Å². The second-order valence-corrected chi connectivity index (χ2v) is 6.93. The highest BCUT2D eigenvalue weighted by Gasteiger charge is 2.49. The van der Waals surface area contributed by atoms with Crippen molar-refractivity contribution in [2.75, 3.05) is 0 Å². The van der Waals surface area contributed by atoms with Gasteiger partial charge in [-0.25, -0.2) is 4.79 Å². The normalized spacial score (nSPS) is 25.8. The molecule has 1 fully saturated rings. The molecule has 4 heteroatoms. The van der Waals surface area contributed by atoms with Crippen LogP contribution in [-0.4, -0.2) is 22.8 Å². The summed E-state index contributed by atoms with van der Waals surface area (Å²) in [5.74, 6) is 0.107. The molecule has 0 N–H and O–H groups in total. The topological polar surface area (TPSA) is 46.6 Å². The molecule has 1 heterocycles. The van der Waals surface area contributed by atoms with Gasteiger partial charge in [0.15, 0.2) is 11.9 Å². The lowest BCUT2D eigenvalue weighted by molar-refractivity contribution is -0.115. The molecule has 0 saturated carbocycles. The van der Waals surface area contributed by atoms with Crippen molar-refractivity contribution in [2.45, 2.75) is 38.5 Å². The van der Waals surface area contributed by atoms with Gasteiger partial charge >= 0.3 is 6.09 Å². The molecule has 0 bridgehead atoms. The molecule has 3 atom stereocenters. The summed E-state index contributed by atoms with van der Waals surface area (Å²) in [5.41, 5.74) is 3.69. The number of rotatable bonds is 3. The van der Waals surface area contributed by atoms with Gasteiger partial charge in [-0.2, -0.15) is 0 Å². The molecule has 132 valence electrons. The Morgan fingerprint density at radius 3 is 2.00 bits per heavy atom. The Morgan fingerprint density at radius 2 is 1.46 bits per heavy atom. The minimum absolute atomic E-state index is 0.107. The summed E-state index contributed by atoms with van der Waals surface area (Å²) >= 11 is 0. The average molecular weight is 347 g/mol. The third kappa shape index (κ3) is 2.62. The number of allylic oxidation sites excluding steroid dienone is 1. The van der Waals surface area contributed by atoms with E-state index in [1.165, 1.54) is 0 Å². The Labute approximate surface area is 153 Å². The van der Waals surface area contributed by atoms with Crippen molar-refractivity contribution in [3.63, 3.8) is 0 Å². The van der Waals surface area contributed by atoms with E-state index in [0.717, 1.165) is 22.3 Å². The second-order valence-electron chi connectivity index (χ2n) is 6.93. The van der Waals surface area contributed by atoms with Gasteiger partial charge in [-0.05, 0) is 36.1 Å². The van der Waals surface area contributed by atoms with Crippen molar-refractivity contribution in [3.8, 4) is 0 Å². The zero-order valence-electron chi connectivity index (χ0n) is 14.9. The molecule has 1 aliphatic carbocycles. The molecule has 1 saturated heterocycles. The maximum Gasteiger partial charge on any atom is 0.411 e. The number of benzene rings is 2. The quantitative estimate of drug-likeness (QED) is 0.815. The smallest absolute Gasteiger partial charge is 0.411 e. The molecular formula is C22H21NO3. The predicted octanol–water partition coefficient (Wildman–Crippen LogP) is 4.60. The van der Waals surface area contributed by atoms with E-state index >= 15 is 0 Å². The van der Waals surface area contributed by atoms with Gasteiger partial charge in [0.25, 0.3) is 0 Å². The number of hydrogen-bond donors (Lipinski definition) is 0. The van der Waals surface area contributed by atoms with E-state index in [9.17, 15) is 9.59 Å². The van der Waals surface area contributed by atoms with Gasteiger partial charge in [0, 0.05) is 6.42 Å². The van der Waals surface area contributed by atoms with Gasteiger partial charge in [0.1, 0.15) is 6.04 Å². The molecule has 0 spiro atoms. The first-order chi connectivity index (χ1) is 12.6. The number of nitrogens with zero attached hydrogens (tertiary/aromatic N) is 1. The minimum Gasteiger partial charge on any atom is -0.439 e. The fourth-order valence-corrected chi connectivity index (χ4v) is 3.95. The SMILES string of the molecule is CC1=C(C)[C@@H](N2C(=O)O[C@H](c3ccccc3)[C@@H]2c2ccccc2)CC1=O. The summed E-state index contributed by atoms with van der Waals surface area (Å²) in [4.78, 5) is 26.8. The monoisotopic (exact) mass is 347 g/mol. The van der Waals surface area contributed by atoms with E-state index in [4.69, 9.17) is 4.74 Å². The summed E-state index contributed by atoms with van der Waals surface area (Å²) in [7, 11) is 0. The lowest BCUT2D eigenvalue weighted by Gasteiger charge is -2.30. The van der Waals surface area contributed by atoms with Gasteiger partial charge in [-0.3, -0.25) is 9.69 Å². The highest BCUT2D eigenvalue weighted by molar-refractivity contribution is 5.99. The first kappa shape index (κ1) is 16.6. The highest BCUT2D eigenvalue weighted by Crippen LogP contribution is 2.46. The summed E-state index contributed by atoms with van der Waals surface area (Å²) in [6.45, 7) is 3.78. The average Bonchev–Trinajstić information content (AvgIpc) is 3.14. The van der Waals surface area contributed by atoms with Crippen LogP contribution in [0.1, 0.15) is 43.5 Å². The Bertz CT molecular complexity index is 873. The van der Waals surface area contributed by atoms with Crippen LogP contribution in [0.3, 0.4) is 0 Å². The van der Waals surface area contributed by atoms with Crippen LogP contribution in [0.5, 0.6) is 0 Å². The molecule has 0 aromatic heterocycles. The maximum absolute atomic E-state index is 12.9. The molecule has 4 rings (SSSR count). The van der Waals surface area contributed by atoms with E-state index in [-0.39, 0.29) is 24.0 Å². The lowest BCUT2D eigenvalue weighted by atomic mass is 9.93. The van der Waals surface area contributed by atoms with Crippen LogP contribution in [0.15, 0.2) is 71.8 Å². The number of carbonyl (C=O) groups excluding carboxylic acids is 2. The van der Waals surface area contributed by atoms with Crippen molar-refractivity contribution in [1.82, 2.24) is 4.90 Å². The molecule has 26 heavy (non-hydrogen) atoms. The lowest BCUT2D eigenvalue weighted by Crippen LogP contribution is -2.38. The molecule has 0 radical (unpaired) electrons. The van der Waals surface area contributed by atoms with Crippen molar-refractivity contribution in [1.29, 1.82) is 0 Å². The fourth-order valence-electron chi connectivity index (χ4n) is 3.95. The van der Waals surface area contributed by atoms with Crippen molar-refractivity contribution in [3.05, 3.63) is 82.9 Å². The zero-order valence-corrected chi connectivity index (χ0v) is 14.9. The number of carbonyl (C=O) groups is 2. The first-order valence-electron chi connectivity index (χ1n) is 8.87. The molecule has 1 aliphatic heterocycles. The van der Waals surface area contributed by atoms with Crippen LogP contribution in [0.4, 0.5) is 4.79 Å². The van der Waals surface area contributed by atoms with E-state index in [2.05, 4.69) is 0 Å². The molecule has 2 aromatic carbocycles. The van der Waals surface area contributed by atoms with Gasteiger partial charge in [0.2, 0.25) is 0 Å². The fraction of sp³-hybridized carbons (Fsp3) is 0.273. The third-order valence-electron chi connectivity index (χ3n) is 5.52. The number of ether oxygens (including phenoxy) is 1. The van der Waals surface area contributed by atoms with E-state index in [1.807, 2.05) is 74.5 Å². The van der Waals surface area contributed by atoms with Gasteiger partial charge in [-0.1, -0.05) is 60.7 Å². The Balaban J connectivity index is 1.80. The molecule has 2 aliphatic rings. The maximum atomic E-state index is 12.9. The van der Waals surface area contributed by atoms with Crippen LogP contribution in [0, 0.1) is 0 Å². The largest absolute Gasteiger partial charge is 0.439 e. The number of hydrogen-bond acceptors (Lipinski definition) is 3. The highest BCUT2D eigenvalue weighted by atomic mass is 16.6. The number of Topliss-reactive ketones (excluding diaryl/α,β-unsaturated/α-hetero) is 1. The van der Waals surface area contributed by atoms with Crippen LogP contribution in [0.25, 0.3) is 0 Å². The number of ketones is 1. The summed E-state index contributed by atoms with van der Waals surface area (Å²) in [6, 6.07) is 19.2. The standard InChI is InChI=1S/C22H21NO3/c1-14-15(2)19(24)13-18(14)23-20(16-9-5-3-6-10-16)21(26-22(23)25)17-11-7-4-8-12-17/h3-12,18,20-21H,13H2,1-2H3/t18-,20-,21+/m0/s1. The predicted molar refractivity (Wildman–Crippen MR) is 98.5 cm³/mol. The Kier molecular flexibility index (Phi) is 4.11.